The largest absolute Gasteiger partial charge is 0.0991 e. The molecule has 1 aromatic rings. The van der Waals surface area contributed by atoms with Gasteiger partial charge >= 0.3 is 0 Å². The summed E-state index contributed by atoms with van der Waals surface area (Å²) in [4.78, 5) is 0. The molecule has 0 saturated carbocycles. The predicted octanol–water partition coefficient (Wildman–Crippen LogP) is 7.43. The van der Waals surface area contributed by atoms with Gasteiger partial charge in [-0.2, -0.15) is 0 Å². The second-order valence-electron chi connectivity index (χ2n) is 4.70. The van der Waals surface area contributed by atoms with Crippen LogP contribution in [0.1, 0.15) is 47.1 Å². The van der Waals surface area contributed by atoms with E-state index in [1.165, 1.54) is 11.1 Å². The van der Waals surface area contributed by atoms with E-state index in [4.69, 9.17) is 0 Å². The van der Waals surface area contributed by atoms with Gasteiger partial charge < -0.3 is 0 Å². The summed E-state index contributed by atoms with van der Waals surface area (Å²) in [5.41, 5.74) is 3.25. The number of hydrogen-bond donors (Lipinski definition) is 0. The Morgan fingerprint density at radius 3 is 1.91 bits per heavy atom. The second kappa shape index (κ2) is 13.6. The lowest BCUT2D eigenvalue weighted by Gasteiger charge is -2.32. The molecule has 0 aromatic heterocycles. The van der Waals surface area contributed by atoms with Crippen LogP contribution in [0.3, 0.4) is 0 Å². The Hall–Kier alpha value is -2.08. The summed E-state index contributed by atoms with van der Waals surface area (Å²) in [6, 6.07) is 10.4. The summed E-state index contributed by atoms with van der Waals surface area (Å²) in [7, 11) is 0. The Labute approximate surface area is 144 Å². The van der Waals surface area contributed by atoms with E-state index in [1.54, 1.807) is 6.08 Å². The SMILES string of the molecule is C=C/C=C\C(=C)C(C)(/C(C)=C/C=C)c1ccccc1.CC.CC. The molecule has 0 heterocycles. The van der Waals surface area contributed by atoms with E-state index in [2.05, 4.69) is 57.8 Å². The Bertz CT molecular complexity index is 514. The van der Waals surface area contributed by atoms with Crippen molar-refractivity contribution < 1.29 is 0 Å². The van der Waals surface area contributed by atoms with E-state index >= 15 is 0 Å². The number of allylic oxidation sites excluding steroid dienone is 7. The van der Waals surface area contributed by atoms with E-state index in [-0.39, 0.29) is 5.41 Å². The van der Waals surface area contributed by atoms with Gasteiger partial charge in [0.05, 0.1) is 0 Å². The molecule has 0 N–H and O–H groups in total. The maximum absolute atomic E-state index is 4.23. The average molecular weight is 311 g/mol. The third-order valence-corrected chi connectivity index (χ3v) is 3.58. The number of hydrogen-bond acceptors (Lipinski definition) is 0. The fourth-order valence-corrected chi connectivity index (χ4v) is 2.13. The van der Waals surface area contributed by atoms with Crippen LogP contribution in [0, 0.1) is 0 Å². The standard InChI is InChI=1S/C19H22.2C2H6/c1-6-8-13-17(4)19(5,16(3)12-7-2)18-14-10-9-11-15-18;2*1-2/h6-15H,1-2,4H2,3,5H3;2*1-2H3/b13-8-,16-12+;;. The van der Waals surface area contributed by atoms with Gasteiger partial charge in [-0.25, -0.2) is 0 Å². The molecule has 1 aromatic carbocycles. The minimum Gasteiger partial charge on any atom is -0.0991 e. The van der Waals surface area contributed by atoms with Crippen molar-refractivity contribution in [2.24, 2.45) is 0 Å². The van der Waals surface area contributed by atoms with Crippen molar-refractivity contribution in [1.29, 1.82) is 0 Å². The van der Waals surface area contributed by atoms with Gasteiger partial charge in [0.25, 0.3) is 0 Å². The van der Waals surface area contributed by atoms with Gasteiger partial charge in [0.1, 0.15) is 0 Å². The molecule has 0 amide bonds. The zero-order valence-corrected chi connectivity index (χ0v) is 15.9. The van der Waals surface area contributed by atoms with Crippen molar-refractivity contribution in [3.8, 4) is 0 Å². The first-order valence-electron chi connectivity index (χ1n) is 8.41. The third kappa shape index (κ3) is 6.69. The highest BCUT2D eigenvalue weighted by atomic mass is 14.3. The fraction of sp³-hybridized carbons (Fsp3) is 0.304. The molecule has 23 heavy (non-hydrogen) atoms. The van der Waals surface area contributed by atoms with Gasteiger partial charge in [0.2, 0.25) is 0 Å². The predicted molar refractivity (Wildman–Crippen MR) is 109 cm³/mol. The van der Waals surface area contributed by atoms with Crippen LogP contribution in [0.4, 0.5) is 0 Å². The Morgan fingerprint density at radius 1 is 0.957 bits per heavy atom. The zero-order chi connectivity index (χ0) is 18.3. The summed E-state index contributed by atoms with van der Waals surface area (Å²) in [6.07, 6.45) is 9.56. The van der Waals surface area contributed by atoms with Crippen LogP contribution in [0.25, 0.3) is 0 Å². The molecule has 0 nitrogen and oxygen atoms in total. The molecule has 1 atom stereocenters. The van der Waals surface area contributed by atoms with Crippen LogP contribution in [0.5, 0.6) is 0 Å². The highest BCUT2D eigenvalue weighted by Gasteiger charge is 2.30. The first-order valence-corrected chi connectivity index (χ1v) is 8.41. The Balaban J connectivity index is 0. The average Bonchev–Trinajstić information content (AvgIpc) is 2.63. The molecule has 0 bridgehead atoms. The summed E-state index contributed by atoms with van der Waals surface area (Å²) in [5.74, 6) is 0. The van der Waals surface area contributed by atoms with Crippen molar-refractivity contribution in [3.05, 3.63) is 97.2 Å². The van der Waals surface area contributed by atoms with Crippen molar-refractivity contribution >= 4 is 0 Å². The van der Waals surface area contributed by atoms with E-state index in [0.717, 1.165) is 5.57 Å². The highest BCUT2D eigenvalue weighted by Crippen LogP contribution is 2.38. The molecular formula is C23H34. The molecule has 0 aliphatic carbocycles. The second-order valence-corrected chi connectivity index (χ2v) is 4.70. The maximum atomic E-state index is 4.23. The molecule has 0 aliphatic rings. The molecule has 1 unspecified atom stereocenters. The van der Waals surface area contributed by atoms with Crippen LogP contribution in [0.15, 0.2) is 91.6 Å². The molecule has 0 aliphatic heterocycles. The molecule has 1 rings (SSSR count). The zero-order valence-electron chi connectivity index (χ0n) is 15.9. The van der Waals surface area contributed by atoms with E-state index in [0.29, 0.717) is 0 Å². The first kappa shape index (κ1) is 23.2. The summed E-state index contributed by atoms with van der Waals surface area (Å²) in [6.45, 7) is 24.0. The van der Waals surface area contributed by atoms with Gasteiger partial charge in [-0.3, -0.25) is 0 Å². The lowest BCUT2D eigenvalue weighted by atomic mass is 9.71. The van der Waals surface area contributed by atoms with E-state index in [1.807, 2.05) is 58.1 Å². The molecule has 0 spiro atoms. The highest BCUT2D eigenvalue weighted by molar-refractivity contribution is 5.49. The number of rotatable bonds is 6. The van der Waals surface area contributed by atoms with Gasteiger partial charge in [-0.1, -0.05) is 114 Å². The van der Waals surface area contributed by atoms with Gasteiger partial charge in [0, 0.05) is 5.41 Å². The monoisotopic (exact) mass is 310 g/mol. The quantitative estimate of drug-likeness (QED) is 0.479. The van der Waals surface area contributed by atoms with Crippen LogP contribution < -0.4 is 0 Å². The van der Waals surface area contributed by atoms with Gasteiger partial charge in [-0.15, -0.1) is 0 Å². The molecular weight excluding hydrogens is 276 g/mol. The minimum absolute atomic E-state index is 0.227. The van der Waals surface area contributed by atoms with Crippen molar-refractivity contribution in [1.82, 2.24) is 0 Å². The van der Waals surface area contributed by atoms with E-state index in [9.17, 15) is 0 Å². The third-order valence-electron chi connectivity index (χ3n) is 3.58. The minimum atomic E-state index is -0.227. The van der Waals surface area contributed by atoms with Crippen molar-refractivity contribution in [2.75, 3.05) is 0 Å². The summed E-state index contributed by atoms with van der Waals surface area (Å²) in [5, 5.41) is 0. The summed E-state index contributed by atoms with van der Waals surface area (Å²) >= 11 is 0. The van der Waals surface area contributed by atoms with Crippen molar-refractivity contribution in [3.63, 3.8) is 0 Å². The first-order chi connectivity index (χ1) is 11.1. The molecule has 0 heteroatoms. The topological polar surface area (TPSA) is 0 Å². The molecule has 0 saturated heterocycles. The van der Waals surface area contributed by atoms with Crippen LogP contribution in [-0.4, -0.2) is 0 Å². The smallest absolute Gasteiger partial charge is 0.0377 e. The maximum Gasteiger partial charge on any atom is 0.0377 e. The van der Waals surface area contributed by atoms with Crippen LogP contribution in [-0.2, 0) is 5.41 Å². The van der Waals surface area contributed by atoms with E-state index < -0.39 is 0 Å². The normalized spacial score (nSPS) is 12.9. The summed E-state index contributed by atoms with van der Waals surface area (Å²) < 4.78 is 0. The molecule has 126 valence electrons. The van der Waals surface area contributed by atoms with Gasteiger partial charge in [-0.05, 0) is 25.0 Å². The van der Waals surface area contributed by atoms with Gasteiger partial charge in [0.15, 0.2) is 0 Å². The lowest BCUT2D eigenvalue weighted by Crippen LogP contribution is -2.25. The Morgan fingerprint density at radius 2 is 1.48 bits per heavy atom. The Kier molecular flexibility index (Phi) is 13.7. The molecule has 0 radical (unpaired) electrons. The van der Waals surface area contributed by atoms with Crippen molar-refractivity contribution in [2.45, 2.75) is 47.0 Å². The molecule has 0 fully saturated rings. The fourth-order valence-electron chi connectivity index (χ4n) is 2.13. The van der Waals surface area contributed by atoms with Crippen LogP contribution >= 0.6 is 0 Å². The lowest BCUT2D eigenvalue weighted by molar-refractivity contribution is 0.675. The van der Waals surface area contributed by atoms with Crippen LogP contribution in [0.2, 0.25) is 0 Å². The number of benzene rings is 1.